The molecule has 1 aromatic carbocycles. The lowest BCUT2D eigenvalue weighted by Gasteiger charge is -2.42. The molecule has 0 saturated carbocycles. The minimum Gasteiger partial charge on any atom is -0.385 e. The van der Waals surface area contributed by atoms with Crippen LogP contribution in [0.4, 0.5) is 5.69 Å². The van der Waals surface area contributed by atoms with Gasteiger partial charge in [0.1, 0.15) is 0 Å². The van der Waals surface area contributed by atoms with Crippen LogP contribution in [0.25, 0.3) is 0 Å². The van der Waals surface area contributed by atoms with E-state index >= 15 is 0 Å². The number of piperazine rings is 1. The van der Waals surface area contributed by atoms with Crippen molar-refractivity contribution in [1.82, 2.24) is 20.1 Å². The van der Waals surface area contributed by atoms with Gasteiger partial charge in [0, 0.05) is 66.0 Å². The molecule has 3 unspecified atom stereocenters. The highest BCUT2D eigenvalue weighted by Gasteiger charge is 2.51. The number of nitrogens with zero attached hydrogens (tertiary/aromatic N) is 4. The second kappa shape index (κ2) is 10.6. The maximum absolute atomic E-state index is 13.7. The lowest BCUT2D eigenvalue weighted by Crippen LogP contribution is -2.60. The monoisotopic (exact) mass is 457 g/mol. The topological polar surface area (TPSA) is 85.4 Å². The van der Waals surface area contributed by atoms with Crippen molar-refractivity contribution in [1.29, 1.82) is 0 Å². The molecule has 9 heteroatoms. The summed E-state index contributed by atoms with van der Waals surface area (Å²) in [6.45, 7) is 6.76. The standard InChI is InChI=1S/C24H35N5O4/c1-3-21(30)27-11-13-28(14-12-27)23(31)19-16-26(10-7-15-33-2)17-20-22(19)25-29(24(20)32)18-8-5-4-6-9-18/h4-6,8-9,19-20,22,25H,3,7,10-17H2,1-2H3. The second-order valence-corrected chi connectivity index (χ2v) is 9.04. The Kier molecular flexibility index (Phi) is 7.62. The van der Waals surface area contributed by atoms with E-state index in [0.29, 0.717) is 52.3 Å². The van der Waals surface area contributed by atoms with Gasteiger partial charge in [0.25, 0.3) is 0 Å². The fourth-order valence-electron chi connectivity index (χ4n) is 5.19. The third-order valence-corrected chi connectivity index (χ3v) is 6.99. The molecule has 3 amide bonds. The van der Waals surface area contributed by atoms with E-state index in [1.807, 2.05) is 47.1 Å². The van der Waals surface area contributed by atoms with E-state index in [-0.39, 0.29) is 35.6 Å². The molecule has 0 bridgehead atoms. The number of hydrazine groups is 1. The lowest BCUT2D eigenvalue weighted by molar-refractivity contribution is -0.145. The molecule has 0 aromatic heterocycles. The Hall–Kier alpha value is -2.49. The predicted octanol–water partition coefficient (Wildman–Crippen LogP) is 0.572. The van der Waals surface area contributed by atoms with Gasteiger partial charge >= 0.3 is 0 Å². The average Bonchev–Trinajstić information content (AvgIpc) is 3.19. The number of hydrogen-bond acceptors (Lipinski definition) is 6. The molecular weight excluding hydrogens is 422 g/mol. The van der Waals surface area contributed by atoms with Crippen molar-refractivity contribution in [3.05, 3.63) is 30.3 Å². The Morgan fingerprint density at radius 1 is 1.06 bits per heavy atom. The molecule has 3 fully saturated rings. The normalized spacial score (nSPS) is 25.9. The van der Waals surface area contributed by atoms with Crippen molar-refractivity contribution in [2.24, 2.45) is 11.8 Å². The van der Waals surface area contributed by atoms with Gasteiger partial charge in [-0.2, -0.15) is 0 Å². The fraction of sp³-hybridized carbons (Fsp3) is 0.625. The van der Waals surface area contributed by atoms with E-state index in [0.717, 1.165) is 18.7 Å². The largest absolute Gasteiger partial charge is 0.385 e. The third-order valence-electron chi connectivity index (χ3n) is 6.99. The number of methoxy groups -OCH3 is 1. The van der Waals surface area contributed by atoms with Crippen molar-refractivity contribution in [2.45, 2.75) is 25.8 Å². The highest BCUT2D eigenvalue weighted by atomic mass is 16.5. The van der Waals surface area contributed by atoms with Gasteiger partial charge < -0.3 is 19.4 Å². The number of anilines is 1. The molecule has 33 heavy (non-hydrogen) atoms. The summed E-state index contributed by atoms with van der Waals surface area (Å²) in [5.41, 5.74) is 4.17. The summed E-state index contributed by atoms with van der Waals surface area (Å²) in [4.78, 5) is 45.0. The number of nitrogens with one attached hydrogen (secondary N) is 1. The van der Waals surface area contributed by atoms with E-state index in [4.69, 9.17) is 4.74 Å². The van der Waals surface area contributed by atoms with E-state index in [2.05, 4.69) is 10.3 Å². The number of rotatable bonds is 7. The highest BCUT2D eigenvalue weighted by molar-refractivity contribution is 5.98. The van der Waals surface area contributed by atoms with Gasteiger partial charge in [-0.15, -0.1) is 0 Å². The van der Waals surface area contributed by atoms with Crippen molar-refractivity contribution in [3.63, 3.8) is 0 Å². The molecular formula is C24H35N5O4. The lowest BCUT2D eigenvalue weighted by atomic mass is 9.83. The highest BCUT2D eigenvalue weighted by Crippen LogP contribution is 2.33. The van der Waals surface area contributed by atoms with Crippen LogP contribution in [0, 0.1) is 11.8 Å². The van der Waals surface area contributed by atoms with Crippen LogP contribution in [0.2, 0.25) is 0 Å². The van der Waals surface area contributed by atoms with Crippen molar-refractivity contribution in [2.75, 3.05) is 64.5 Å². The van der Waals surface area contributed by atoms with Crippen LogP contribution in [0.15, 0.2) is 30.3 Å². The Morgan fingerprint density at radius 2 is 1.76 bits per heavy atom. The van der Waals surface area contributed by atoms with Crippen molar-refractivity contribution in [3.8, 4) is 0 Å². The molecule has 1 aromatic rings. The summed E-state index contributed by atoms with van der Waals surface area (Å²) in [5, 5.41) is 1.62. The first-order chi connectivity index (χ1) is 16.0. The molecule has 0 radical (unpaired) electrons. The molecule has 0 aliphatic carbocycles. The number of para-hydroxylation sites is 1. The van der Waals surface area contributed by atoms with E-state index in [1.54, 1.807) is 12.1 Å². The molecule has 1 N–H and O–H groups in total. The van der Waals surface area contributed by atoms with Gasteiger partial charge in [-0.1, -0.05) is 25.1 Å². The number of carbonyl (C=O) groups excluding carboxylic acids is 3. The fourth-order valence-corrected chi connectivity index (χ4v) is 5.19. The maximum atomic E-state index is 13.7. The van der Waals surface area contributed by atoms with Crippen molar-refractivity contribution < 1.29 is 19.1 Å². The predicted molar refractivity (Wildman–Crippen MR) is 124 cm³/mol. The third kappa shape index (κ3) is 5.05. The number of benzene rings is 1. The first kappa shape index (κ1) is 23.7. The van der Waals surface area contributed by atoms with E-state index < -0.39 is 0 Å². The number of piperidine rings is 1. The van der Waals surface area contributed by atoms with Crippen LogP contribution < -0.4 is 10.4 Å². The quantitative estimate of drug-likeness (QED) is 0.603. The molecule has 3 aliphatic rings. The zero-order valence-corrected chi connectivity index (χ0v) is 19.6. The Labute approximate surface area is 195 Å². The van der Waals surface area contributed by atoms with Gasteiger partial charge in [-0.05, 0) is 18.6 Å². The molecule has 9 nitrogen and oxygen atoms in total. The Balaban J connectivity index is 1.50. The van der Waals surface area contributed by atoms with Gasteiger partial charge in [0.05, 0.1) is 23.6 Å². The first-order valence-corrected chi connectivity index (χ1v) is 12.0. The Morgan fingerprint density at radius 3 is 2.42 bits per heavy atom. The van der Waals surface area contributed by atoms with Crippen LogP contribution in [-0.2, 0) is 19.1 Å². The van der Waals surface area contributed by atoms with Crippen LogP contribution >= 0.6 is 0 Å². The van der Waals surface area contributed by atoms with Crippen LogP contribution in [0.5, 0.6) is 0 Å². The summed E-state index contributed by atoms with van der Waals surface area (Å²) in [6, 6.07) is 9.30. The number of ether oxygens (including phenoxy) is 1. The van der Waals surface area contributed by atoms with Crippen LogP contribution in [0.1, 0.15) is 19.8 Å². The van der Waals surface area contributed by atoms with Gasteiger partial charge in [0.2, 0.25) is 17.7 Å². The summed E-state index contributed by atoms with van der Waals surface area (Å²) >= 11 is 0. The molecule has 3 saturated heterocycles. The van der Waals surface area contributed by atoms with Crippen LogP contribution in [0.3, 0.4) is 0 Å². The summed E-state index contributed by atoms with van der Waals surface area (Å²) in [5.74, 6) is -0.388. The van der Waals surface area contributed by atoms with E-state index in [1.165, 1.54) is 0 Å². The molecule has 180 valence electrons. The maximum Gasteiger partial charge on any atom is 0.247 e. The number of amides is 3. The zero-order valence-electron chi connectivity index (χ0n) is 19.6. The second-order valence-electron chi connectivity index (χ2n) is 9.04. The summed E-state index contributed by atoms with van der Waals surface area (Å²) in [7, 11) is 1.68. The van der Waals surface area contributed by atoms with Gasteiger partial charge in [-0.25, -0.2) is 10.4 Å². The van der Waals surface area contributed by atoms with Gasteiger partial charge in [-0.3, -0.25) is 14.4 Å². The Bertz CT molecular complexity index is 843. The molecule has 4 rings (SSSR count). The van der Waals surface area contributed by atoms with E-state index in [9.17, 15) is 14.4 Å². The smallest absolute Gasteiger partial charge is 0.247 e. The molecule has 3 atom stereocenters. The van der Waals surface area contributed by atoms with Gasteiger partial charge in [0.15, 0.2) is 0 Å². The molecule has 3 heterocycles. The number of carbonyl (C=O) groups is 3. The first-order valence-electron chi connectivity index (χ1n) is 12.0. The minimum absolute atomic E-state index is 0.0128. The number of likely N-dealkylation sites (tertiary alicyclic amines) is 1. The molecule has 0 spiro atoms. The van der Waals surface area contributed by atoms with Crippen molar-refractivity contribution >= 4 is 23.4 Å². The molecule has 3 aliphatic heterocycles. The summed E-state index contributed by atoms with van der Waals surface area (Å²) < 4.78 is 5.20. The average molecular weight is 458 g/mol. The van der Waals surface area contributed by atoms with Crippen LogP contribution in [-0.4, -0.2) is 98.0 Å². The SMILES string of the molecule is CCC(=O)N1CCN(C(=O)C2CN(CCCOC)CC3C(=O)N(c4ccccc4)NC23)CC1. The minimum atomic E-state index is -0.322. The summed E-state index contributed by atoms with van der Waals surface area (Å²) in [6.07, 6.45) is 1.34. The number of hydrogen-bond donors (Lipinski definition) is 1. The zero-order chi connectivity index (χ0) is 23.4. The number of fused-ring (bicyclic) bond motifs is 1.